The Morgan fingerprint density at radius 1 is 0.188 bits per heavy atom. The maximum Gasteiger partial charge on any atom is 0.0456 e. The molecule has 14 aromatic carbocycles. The zero-order chi connectivity index (χ0) is 64.5. The summed E-state index contributed by atoms with van der Waals surface area (Å²) in [5, 5.41) is 2.38. The van der Waals surface area contributed by atoms with Crippen molar-refractivity contribution in [1.29, 1.82) is 0 Å². The number of hydrogen-bond donors (Lipinski definition) is 0. The van der Waals surface area contributed by atoms with Crippen LogP contribution in [0.1, 0.15) is 77.9 Å². The number of rotatable bonds is 20. The second-order valence-electron chi connectivity index (χ2n) is 23.7. The number of nitrogens with zero attached hydrogens (tertiary/aromatic N) is 2. The van der Waals surface area contributed by atoms with Crippen LogP contribution in [-0.2, 0) is 0 Å². The first-order valence-electron chi connectivity index (χ1n) is 32.8. The van der Waals surface area contributed by atoms with Crippen molar-refractivity contribution >= 4 is 92.3 Å². The molecule has 0 heterocycles. The lowest BCUT2D eigenvalue weighted by atomic mass is 9.95. The van der Waals surface area contributed by atoms with Crippen LogP contribution in [0, 0.1) is 0 Å². The first kappa shape index (κ1) is 60.9. The predicted molar refractivity (Wildman–Crippen MR) is 411 cm³/mol. The summed E-state index contributed by atoms with van der Waals surface area (Å²) in [7, 11) is 0. The average molecular weight is 1230 g/mol. The van der Waals surface area contributed by atoms with Crippen LogP contribution >= 0.6 is 0 Å². The number of hydrogen-bond acceptors (Lipinski definition) is 2. The molecule has 0 atom stereocenters. The highest BCUT2D eigenvalue weighted by Gasteiger charge is 2.16. The van der Waals surface area contributed by atoms with Gasteiger partial charge in [-0.1, -0.05) is 340 Å². The lowest BCUT2D eigenvalue weighted by Crippen LogP contribution is -2.10. The second kappa shape index (κ2) is 29.8. The molecule has 0 bridgehead atoms. The summed E-state index contributed by atoms with van der Waals surface area (Å²) in [6, 6.07) is 134. The van der Waals surface area contributed by atoms with Crippen molar-refractivity contribution < 1.29 is 0 Å². The molecule has 0 amide bonds. The monoisotopic (exact) mass is 1230 g/mol. The number of benzene rings is 14. The third kappa shape index (κ3) is 14.8. The summed E-state index contributed by atoms with van der Waals surface area (Å²) in [4.78, 5) is 4.63. The molecule has 456 valence electrons. The van der Waals surface area contributed by atoms with Crippen LogP contribution in [0.5, 0.6) is 0 Å². The third-order valence-electron chi connectivity index (χ3n) is 17.4. The van der Waals surface area contributed by atoms with Crippen LogP contribution in [0.3, 0.4) is 0 Å². The normalized spacial score (nSPS) is 11.0. The highest BCUT2D eigenvalue weighted by atomic mass is 15.1. The fourth-order valence-electron chi connectivity index (χ4n) is 12.3. The number of fused-ring (bicyclic) bond motifs is 1. The molecule has 0 radical (unpaired) electrons. The van der Waals surface area contributed by atoms with E-state index in [-0.39, 0.29) is 0 Å². The molecule has 2 nitrogen and oxygen atoms in total. The Bertz CT molecular complexity index is 4550. The minimum Gasteiger partial charge on any atom is -0.317 e. The standard InChI is InChI=1S/C94H70N2/c1-9-27-75(28-10-1)91(76-29-11-2-12-30-76)65-73-51-61-89(62-52-73)95(69-93(79-35-17-5-18-36-79)80-37-19-6-20-38-80)87-57-47-71(48-58-87)45-55-85-67-83-43-25-26-44-84(83)68-86(85)56-46-72-49-59-88(60-50-72)96(70-94(81-39-21-7-22-40-81)82-41-23-8-24-42-82)90-63-53-74(54-64-90)66-92(77-31-13-3-14-32-77)78-33-15-4-16-34-78/h1-70H/b55-45+,56-46+. The molecule has 0 aliphatic carbocycles. The van der Waals surface area contributed by atoms with Gasteiger partial charge in [-0.15, -0.1) is 0 Å². The van der Waals surface area contributed by atoms with Gasteiger partial charge in [-0.3, -0.25) is 0 Å². The van der Waals surface area contributed by atoms with Crippen LogP contribution in [-0.4, -0.2) is 0 Å². The van der Waals surface area contributed by atoms with E-state index in [4.69, 9.17) is 0 Å². The summed E-state index contributed by atoms with van der Waals surface area (Å²) in [5.41, 5.74) is 24.7. The van der Waals surface area contributed by atoms with E-state index in [2.05, 4.69) is 435 Å². The maximum absolute atomic E-state index is 2.32. The van der Waals surface area contributed by atoms with E-state index in [1.807, 2.05) is 0 Å². The van der Waals surface area contributed by atoms with Crippen molar-refractivity contribution in [3.05, 3.63) is 466 Å². The topological polar surface area (TPSA) is 6.48 Å². The van der Waals surface area contributed by atoms with Gasteiger partial charge in [0.25, 0.3) is 0 Å². The molecule has 0 aliphatic rings. The summed E-state index contributed by atoms with van der Waals surface area (Å²) < 4.78 is 0. The van der Waals surface area contributed by atoms with E-state index in [0.717, 1.165) is 89.5 Å². The average Bonchev–Trinajstić information content (AvgIpc) is 0.890. The smallest absolute Gasteiger partial charge is 0.0456 e. The fraction of sp³-hybridized carbons (Fsp3) is 0. The lowest BCUT2D eigenvalue weighted by Gasteiger charge is -2.24. The van der Waals surface area contributed by atoms with Crippen molar-refractivity contribution in [3.63, 3.8) is 0 Å². The molecule has 0 N–H and O–H groups in total. The molecule has 96 heavy (non-hydrogen) atoms. The summed E-state index contributed by atoms with van der Waals surface area (Å²) in [6.45, 7) is 0. The van der Waals surface area contributed by atoms with Crippen LogP contribution in [0.4, 0.5) is 22.7 Å². The zero-order valence-corrected chi connectivity index (χ0v) is 53.3. The Hall–Kier alpha value is -12.6. The first-order valence-corrected chi connectivity index (χ1v) is 32.8. The summed E-state index contributed by atoms with van der Waals surface area (Å²) in [5.74, 6) is 0. The Balaban J connectivity index is 0.776. The van der Waals surface area contributed by atoms with E-state index in [1.165, 1.54) is 44.2 Å². The van der Waals surface area contributed by atoms with Gasteiger partial charge in [0.05, 0.1) is 0 Å². The van der Waals surface area contributed by atoms with Gasteiger partial charge < -0.3 is 9.80 Å². The van der Waals surface area contributed by atoms with Crippen LogP contribution < -0.4 is 9.80 Å². The van der Waals surface area contributed by atoms with E-state index in [0.29, 0.717) is 0 Å². The SMILES string of the molecule is C(=C(c1ccccc1)c1ccccc1)c1ccc(N(C=C(c2ccccc2)c2ccccc2)c2ccc(/C=C/c3cc4ccccc4cc3/C=C/c3ccc(N(C=C(c4ccccc4)c4ccccc4)c4ccc(C=C(c5ccccc5)c5ccccc5)cc4)cc3)cc2)cc1. The Labute approximate surface area is 565 Å². The fourth-order valence-corrected chi connectivity index (χ4v) is 12.3. The maximum atomic E-state index is 2.32. The molecule has 14 aromatic rings. The molecule has 0 aliphatic heterocycles. The Morgan fingerprint density at radius 2 is 0.396 bits per heavy atom. The van der Waals surface area contributed by atoms with Crippen molar-refractivity contribution in [2.24, 2.45) is 0 Å². The predicted octanol–water partition coefficient (Wildman–Crippen LogP) is 24.8. The van der Waals surface area contributed by atoms with Gasteiger partial charge in [0, 0.05) is 46.3 Å². The highest BCUT2D eigenvalue weighted by Crippen LogP contribution is 2.37. The highest BCUT2D eigenvalue weighted by molar-refractivity contribution is 5.95. The van der Waals surface area contributed by atoms with E-state index in [1.54, 1.807) is 0 Å². The third-order valence-corrected chi connectivity index (χ3v) is 17.4. The van der Waals surface area contributed by atoms with E-state index >= 15 is 0 Å². The first-order chi connectivity index (χ1) is 47.6. The van der Waals surface area contributed by atoms with Crippen molar-refractivity contribution in [2.45, 2.75) is 0 Å². The molecular weight excluding hydrogens is 1160 g/mol. The van der Waals surface area contributed by atoms with Gasteiger partial charge in [-0.2, -0.15) is 0 Å². The van der Waals surface area contributed by atoms with Crippen molar-refractivity contribution in [1.82, 2.24) is 0 Å². The summed E-state index contributed by atoms with van der Waals surface area (Å²) in [6.07, 6.45) is 18.1. The zero-order valence-electron chi connectivity index (χ0n) is 53.3. The van der Waals surface area contributed by atoms with Gasteiger partial charge in [0.1, 0.15) is 0 Å². The van der Waals surface area contributed by atoms with Gasteiger partial charge in [0.15, 0.2) is 0 Å². The van der Waals surface area contributed by atoms with Gasteiger partial charge in [-0.25, -0.2) is 0 Å². The minimum absolute atomic E-state index is 1.05. The minimum atomic E-state index is 1.05. The van der Waals surface area contributed by atoms with Gasteiger partial charge in [-0.05, 0) is 173 Å². The molecule has 2 heteroatoms. The molecule has 0 spiro atoms. The van der Waals surface area contributed by atoms with E-state index < -0.39 is 0 Å². The molecule has 0 saturated heterocycles. The van der Waals surface area contributed by atoms with Crippen LogP contribution in [0.25, 0.3) is 69.5 Å². The molecule has 0 aromatic heterocycles. The van der Waals surface area contributed by atoms with Crippen LogP contribution in [0.15, 0.2) is 389 Å². The summed E-state index contributed by atoms with van der Waals surface area (Å²) >= 11 is 0. The molecule has 0 saturated carbocycles. The van der Waals surface area contributed by atoms with Crippen LogP contribution in [0.2, 0.25) is 0 Å². The molecular formula is C94H70N2. The molecule has 0 unspecified atom stereocenters. The van der Waals surface area contributed by atoms with Gasteiger partial charge in [0.2, 0.25) is 0 Å². The van der Waals surface area contributed by atoms with Gasteiger partial charge >= 0.3 is 0 Å². The lowest BCUT2D eigenvalue weighted by molar-refractivity contribution is 1.28. The molecule has 14 rings (SSSR count). The number of anilines is 4. The van der Waals surface area contributed by atoms with Crippen molar-refractivity contribution in [2.75, 3.05) is 9.80 Å². The molecule has 0 fully saturated rings. The Kier molecular flexibility index (Phi) is 18.9. The van der Waals surface area contributed by atoms with E-state index in [9.17, 15) is 0 Å². The quantitative estimate of drug-likeness (QED) is 0.0702. The largest absolute Gasteiger partial charge is 0.317 e. The van der Waals surface area contributed by atoms with Crippen molar-refractivity contribution in [3.8, 4) is 0 Å². The second-order valence-corrected chi connectivity index (χ2v) is 23.7. The Morgan fingerprint density at radius 3 is 0.635 bits per heavy atom.